The molecule has 0 radical (unpaired) electrons. The summed E-state index contributed by atoms with van der Waals surface area (Å²) in [6, 6.07) is 9.99. The Labute approximate surface area is 147 Å². The fraction of sp³-hybridized carbons (Fsp3) is 0.450. The number of hydrogen-bond donors (Lipinski definition) is 1. The molecule has 2 aromatic rings. The zero-order valence-corrected chi connectivity index (χ0v) is 14.7. The average molecular weight is 337 g/mol. The second kappa shape index (κ2) is 5.83. The summed E-state index contributed by atoms with van der Waals surface area (Å²) in [6.45, 7) is 5.49. The molecule has 1 aromatic carbocycles. The number of rotatable bonds is 2. The van der Waals surface area contributed by atoms with Gasteiger partial charge in [0.1, 0.15) is 0 Å². The van der Waals surface area contributed by atoms with Crippen molar-refractivity contribution in [2.45, 2.75) is 32.7 Å². The molecule has 0 aliphatic carbocycles. The van der Waals surface area contributed by atoms with Crippen molar-refractivity contribution in [3.05, 3.63) is 42.1 Å². The van der Waals surface area contributed by atoms with Crippen molar-refractivity contribution in [2.75, 3.05) is 13.1 Å². The van der Waals surface area contributed by atoms with E-state index in [9.17, 15) is 9.59 Å². The highest BCUT2D eigenvalue weighted by Crippen LogP contribution is 2.38. The molecule has 2 fully saturated rings. The molecule has 0 spiro atoms. The molecule has 2 aliphatic rings. The Bertz CT molecular complexity index is 838. The van der Waals surface area contributed by atoms with E-state index in [0.717, 1.165) is 36.8 Å². The maximum Gasteiger partial charge on any atom is 0.255 e. The quantitative estimate of drug-likeness (QED) is 0.857. The molecular formula is C20H23N3O2. The lowest BCUT2D eigenvalue weighted by Crippen LogP contribution is -2.68. The highest BCUT2D eigenvalue weighted by Gasteiger charge is 2.51. The van der Waals surface area contributed by atoms with Crippen molar-refractivity contribution in [3.63, 3.8) is 0 Å². The fourth-order valence-corrected chi connectivity index (χ4v) is 4.08. The summed E-state index contributed by atoms with van der Waals surface area (Å²) >= 11 is 0. The molecule has 1 atom stereocenters. The Balaban J connectivity index is 1.43. The number of carbonyl (C=O) groups excluding carboxylic acids is 2. The Morgan fingerprint density at radius 1 is 1.24 bits per heavy atom. The number of benzene rings is 1. The van der Waals surface area contributed by atoms with Gasteiger partial charge in [-0.15, -0.1) is 0 Å². The number of amides is 2. The number of β-lactam (4-membered cyclic amide) rings is 1. The van der Waals surface area contributed by atoms with Crippen LogP contribution in [0.25, 0.3) is 10.9 Å². The third-order valence-corrected chi connectivity index (χ3v) is 5.78. The predicted molar refractivity (Wildman–Crippen MR) is 96.1 cm³/mol. The number of piperidine rings is 1. The van der Waals surface area contributed by atoms with Crippen LogP contribution in [-0.4, -0.2) is 40.8 Å². The first kappa shape index (κ1) is 16.1. The second-order valence-electron chi connectivity index (χ2n) is 7.72. The summed E-state index contributed by atoms with van der Waals surface area (Å²) in [6.07, 6.45) is 3.54. The first-order valence-electron chi connectivity index (χ1n) is 8.92. The van der Waals surface area contributed by atoms with Gasteiger partial charge in [0.2, 0.25) is 5.91 Å². The van der Waals surface area contributed by atoms with Crippen molar-refractivity contribution >= 4 is 22.7 Å². The zero-order valence-electron chi connectivity index (χ0n) is 14.7. The van der Waals surface area contributed by atoms with E-state index in [2.05, 4.69) is 10.3 Å². The van der Waals surface area contributed by atoms with Gasteiger partial charge in [0.15, 0.2) is 0 Å². The lowest BCUT2D eigenvalue weighted by Gasteiger charge is -2.50. The molecule has 0 unspecified atom stereocenters. The first-order chi connectivity index (χ1) is 12.0. The lowest BCUT2D eigenvalue weighted by atomic mass is 9.68. The minimum Gasteiger partial charge on any atom is -0.351 e. The van der Waals surface area contributed by atoms with Crippen molar-refractivity contribution in [1.82, 2.24) is 15.2 Å². The minimum absolute atomic E-state index is 0.0496. The molecule has 4 rings (SSSR count). The van der Waals surface area contributed by atoms with Gasteiger partial charge in [0.05, 0.1) is 16.5 Å². The fourth-order valence-electron chi connectivity index (χ4n) is 4.08. The van der Waals surface area contributed by atoms with Crippen LogP contribution in [0.5, 0.6) is 0 Å². The van der Waals surface area contributed by atoms with Crippen LogP contribution in [0.2, 0.25) is 0 Å². The number of pyridine rings is 1. The van der Waals surface area contributed by atoms with Crippen LogP contribution in [0.15, 0.2) is 36.5 Å². The van der Waals surface area contributed by atoms with Gasteiger partial charge in [-0.3, -0.25) is 14.6 Å². The topological polar surface area (TPSA) is 62.3 Å². The van der Waals surface area contributed by atoms with Crippen LogP contribution in [0.1, 0.15) is 37.0 Å². The van der Waals surface area contributed by atoms with Crippen LogP contribution < -0.4 is 5.32 Å². The number of nitrogens with one attached hydrogen (secondary N) is 1. The van der Waals surface area contributed by atoms with Gasteiger partial charge in [0.25, 0.3) is 5.91 Å². The monoisotopic (exact) mass is 337 g/mol. The number of fused-ring (bicyclic) bond motifs is 1. The maximum absolute atomic E-state index is 12.8. The zero-order chi connectivity index (χ0) is 17.6. The molecule has 1 N–H and O–H groups in total. The number of nitrogens with zero attached hydrogens (tertiary/aromatic N) is 2. The summed E-state index contributed by atoms with van der Waals surface area (Å²) in [4.78, 5) is 30.8. The van der Waals surface area contributed by atoms with Gasteiger partial charge in [-0.25, -0.2) is 0 Å². The van der Waals surface area contributed by atoms with Crippen LogP contribution in [0.4, 0.5) is 0 Å². The molecule has 2 saturated heterocycles. The highest BCUT2D eigenvalue weighted by atomic mass is 16.2. The van der Waals surface area contributed by atoms with E-state index in [4.69, 9.17) is 0 Å². The molecule has 5 nitrogen and oxygen atoms in total. The first-order valence-corrected chi connectivity index (χ1v) is 8.92. The molecule has 3 heterocycles. The molecule has 25 heavy (non-hydrogen) atoms. The van der Waals surface area contributed by atoms with Gasteiger partial charge in [-0.1, -0.05) is 18.2 Å². The second-order valence-corrected chi connectivity index (χ2v) is 7.72. The Hall–Kier alpha value is -2.43. The minimum atomic E-state index is -0.279. The largest absolute Gasteiger partial charge is 0.351 e. The summed E-state index contributed by atoms with van der Waals surface area (Å²) in [7, 11) is 0. The Kier molecular flexibility index (Phi) is 3.74. The summed E-state index contributed by atoms with van der Waals surface area (Å²) in [5.41, 5.74) is 1.27. The molecule has 130 valence electrons. The lowest BCUT2D eigenvalue weighted by molar-refractivity contribution is -0.146. The number of para-hydroxylation sites is 1. The molecule has 2 aliphatic heterocycles. The van der Waals surface area contributed by atoms with Crippen molar-refractivity contribution in [3.8, 4) is 0 Å². The van der Waals surface area contributed by atoms with Gasteiger partial charge in [-0.05, 0) is 44.7 Å². The molecule has 1 aromatic heterocycles. The molecule has 0 saturated carbocycles. The van der Waals surface area contributed by atoms with E-state index in [1.54, 1.807) is 6.20 Å². The predicted octanol–water partition coefficient (Wildman–Crippen LogP) is 2.61. The summed E-state index contributed by atoms with van der Waals surface area (Å²) < 4.78 is 0. The molecule has 2 amide bonds. The Morgan fingerprint density at radius 3 is 2.64 bits per heavy atom. The van der Waals surface area contributed by atoms with E-state index >= 15 is 0 Å². The van der Waals surface area contributed by atoms with Crippen molar-refractivity contribution in [2.24, 2.45) is 11.3 Å². The van der Waals surface area contributed by atoms with Gasteiger partial charge in [-0.2, -0.15) is 0 Å². The van der Waals surface area contributed by atoms with E-state index in [1.165, 1.54) is 0 Å². The normalized spacial score (nSPS) is 23.2. The van der Waals surface area contributed by atoms with E-state index in [-0.39, 0.29) is 23.3 Å². The van der Waals surface area contributed by atoms with Crippen molar-refractivity contribution in [1.29, 1.82) is 0 Å². The van der Waals surface area contributed by atoms with Gasteiger partial charge >= 0.3 is 0 Å². The van der Waals surface area contributed by atoms with Crippen LogP contribution >= 0.6 is 0 Å². The third kappa shape index (κ3) is 2.68. The van der Waals surface area contributed by atoms with Gasteiger partial charge < -0.3 is 10.2 Å². The standard InChI is InChI=1S/C20H23N3O2/c1-20(2)17(22-19(20)25)13-7-9-23(10-8-13)18(24)15-11-14-5-3-4-6-16(14)21-12-15/h3-6,11-13,17H,7-10H2,1-2H3,(H,22,25)/t17-/m0/s1. The molecule has 5 heteroatoms. The molecule has 0 bridgehead atoms. The molecular weight excluding hydrogens is 314 g/mol. The number of likely N-dealkylation sites (tertiary alicyclic amines) is 1. The SMILES string of the molecule is CC1(C)C(=O)N[C@H]1C1CCN(C(=O)c2cnc3ccccc3c2)CC1. The van der Waals surface area contributed by atoms with E-state index < -0.39 is 0 Å². The average Bonchev–Trinajstić information content (AvgIpc) is 2.65. The van der Waals surface area contributed by atoms with E-state index in [0.29, 0.717) is 11.5 Å². The number of hydrogen-bond acceptors (Lipinski definition) is 3. The third-order valence-electron chi connectivity index (χ3n) is 5.78. The maximum atomic E-state index is 12.8. The van der Waals surface area contributed by atoms with E-state index in [1.807, 2.05) is 49.1 Å². The highest BCUT2D eigenvalue weighted by molar-refractivity contribution is 5.97. The van der Waals surface area contributed by atoms with Crippen LogP contribution in [0.3, 0.4) is 0 Å². The van der Waals surface area contributed by atoms with Crippen LogP contribution in [-0.2, 0) is 4.79 Å². The number of aromatic nitrogens is 1. The summed E-state index contributed by atoms with van der Waals surface area (Å²) in [5, 5.41) is 4.03. The number of carbonyl (C=O) groups is 2. The van der Waals surface area contributed by atoms with Gasteiger partial charge in [0, 0.05) is 30.7 Å². The van der Waals surface area contributed by atoms with Crippen LogP contribution in [0, 0.1) is 11.3 Å². The smallest absolute Gasteiger partial charge is 0.255 e. The Morgan fingerprint density at radius 2 is 1.96 bits per heavy atom. The van der Waals surface area contributed by atoms with Crippen molar-refractivity contribution < 1.29 is 9.59 Å². The summed E-state index contributed by atoms with van der Waals surface area (Å²) in [5.74, 6) is 0.637.